The lowest BCUT2D eigenvalue weighted by atomic mass is 10.2. The van der Waals surface area contributed by atoms with Gasteiger partial charge in [0.2, 0.25) is 0 Å². The van der Waals surface area contributed by atoms with Crippen LogP contribution in [-0.2, 0) is 11.2 Å². The molecular weight excluding hydrogens is 176 g/mol. The van der Waals surface area contributed by atoms with Crippen molar-refractivity contribution in [2.24, 2.45) is 0 Å². The predicted molar refractivity (Wildman–Crippen MR) is 54.4 cm³/mol. The van der Waals surface area contributed by atoms with Crippen LogP contribution in [0.15, 0.2) is 42.5 Å². The van der Waals surface area contributed by atoms with E-state index in [9.17, 15) is 4.79 Å². The SMILES string of the molecule is O=C(O)Cc1cc2cccccc-2c1. The van der Waals surface area contributed by atoms with Crippen molar-refractivity contribution in [3.05, 3.63) is 48.0 Å². The largest absolute Gasteiger partial charge is 0.481 e. The molecule has 0 aromatic heterocycles. The first-order valence-corrected chi connectivity index (χ1v) is 4.45. The molecular formula is C12H10O2. The van der Waals surface area contributed by atoms with Gasteiger partial charge in [-0.15, -0.1) is 0 Å². The van der Waals surface area contributed by atoms with Gasteiger partial charge in [0, 0.05) is 0 Å². The molecule has 0 radical (unpaired) electrons. The van der Waals surface area contributed by atoms with E-state index >= 15 is 0 Å². The first-order valence-electron chi connectivity index (χ1n) is 4.45. The van der Waals surface area contributed by atoms with E-state index in [-0.39, 0.29) is 6.42 Å². The van der Waals surface area contributed by atoms with Crippen LogP contribution < -0.4 is 0 Å². The summed E-state index contributed by atoms with van der Waals surface area (Å²) in [4.78, 5) is 10.5. The fraction of sp³-hybridized carbons (Fsp3) is 0.0833. The number of aliphatic carboxylic acids is 1. The van der Waals surface area contributed by atoms with Gasteiger partial charge < -0.3 is 5.11 Å². The summed E-state index contributed by atoms with van der Waals surface area (Å²) in [6.45, 7) is 0. The zero-order valence-electron chi connectivity index (χ0n) is 7.60. The highest BCUT2D eigenvalue weighted by atomic mass is 16.4. The van der Waals surface area contributed by atoms with Crippen molar-refractivity contribution in [2.45, 2.75) is 6.42 Å². The molecule has 1 N–H and O–H groups in total. The lowest BCUT2D eigenvalue weighted by Crippen LogP contribution is -1.97. The topological polar surface area (TPSA) is 37.3 Å². The lowest BCUT2D eigenvalue weighted by molar-refractivity contribution is -0.136. The zero-order chi connectivity index (χ0) is 9.97. The number of carboxylic acid groups (broad SMARTS) is 1. The molecule has 70 valence electrons. The van der Waals surface area contributed by atoms with Crippen molar-refractivity contribution >= 4 is 5.97 Å². The van der Waals surface area contributed by atoms with Gasteiger partial charge in [0.05, 0.1) is 6.42 Å². The van der Waals surface area contributed by atoms with Gasteiger partial charge in [0.15, 0.2) is 0 Å². The summed E-state index contributed by atoms with van der Waals surface area (Å²) < 4.78 is 0. The maximum atomic E-state index is 10.5. The van der Waals surface area contributed by atoms with E-state index < -0.39 is 5.97 Å². The Morgan fingerprint density at radius 3 is 2.14 bits per heavy atom. The first kappa shape index (κ1) is 8.75. The first-order chi connectivity index (χ1) is 6.75. The maximum Gasteiger partial charge on any atom is 0.307 e. The van der Waals surface area contributed by atoms with Crippen LogP contribution >= 0.6 is 0 Å². The zero-order valence-corrected chi connectivity index (χ0v) is 7.60. The molecule has 2 rings (SSSR count). The molecule has 2 aliphatic carbocycles. The predicted octanol–water partition coefficient (Wildman–Crippen LogP) is 2.42. The Morgan fingerprint density at radius 1 is 1.07 bits per heavy atom. The number of fused-ring (bicyclic) bond motifs is 1. The van der Waals surface area contributed by atoms with Gasteiger partial charge in [-0.05, 0) is 16.7 Å². The maximum absolute atomic E-state index is 10.5. The van der Waals surface area contributed by atoms with Gasteiger partial charge in [-0.25, -0.2) is 0 Å². The van der Waals surface area contributed by atoms with Gasteiger partial charge >= 0.3 is 5.97 Å². The van der Waals surface area contributed by atoms with Crippen LogP contribution in [0.3, 0.4) is 0 Å². The van der Waals surface area contributed by atoms with Crippen LogP contribution in [0.2, 0.25) is 0 Å². The van der Waals surface area contributed by atoms with Crippen LogP contribution in [0.25, 0.3) is 11.1 Å². The van der Waals surface area contributed by atoms with Gasteiger partial charge in [-0.2, -0.15) is 0 Å². The summed E-state index contributed by atoms with van der Waals surface area (Å²) in [5.74, 6) is -0.787. The summed E-state index contributed by atoms with van der Waals surface area (Å²) in [6, 6.07) is 13.7. The Labute approximate surface area is 82.2 Å². The Kier molecular flexibility index (Phi) is 2.19. The van der Waals surface area contributed by atoms with Gasteiger partial charge in [0.1, 0.15) is 0 Å². The minimum atomic E-state index is -0.787. The number of hydrogen-bond donors (Lipinski definition) is 1. The molecule has 0 saturated heterocycles. The summed E-state index contributed by atoms with van der Waals surface area (Å²) in [5.41, 5.74) is 3.04. The molecule has 0 spiro atoms. The molecule has 2 heteroatoms. The van der Waals surface area contributed by atoms with E-state index in [4.69, 9.17) is 5.11 Å². The Hall–Kier alpha value is -1.83. The Balaban J connectivity index is 2.43. The second-order valence-corrected chi connectivity index (χ2v) is 3.26. The van der Waals surface area contributed by atoms with Crippen LogP contribution in [0.1, 0.15) is 5.56 Å². The molecule has 0 aromatic carbocycles. The molecule has 0 saturated carbocycles. The molecule has 2 aliphatic rings. The average molecular weight is 186 g/mol. The molecule has 0 amide bonds. The van der Waals surface area contributed by atoms with E-state index in [0.717, 1.165) is 16.7 Å². The number of carbonyl (C=O) groups is 1. The van der Waals surface area contributed by atoms with E-state index in [2.05, 4.69) is 0 Å². The second-order valence-electron chi connectivity index (χ2n) is 3.26. The van der Waals surface area contributed by atoms with Crippen molar-refractivity contribution in [1.29, 1.82) is 0 Å². The second kappa shape index (κ2) is 3.50. The lowest BCUT2D eigenvalue weighted by Gasteiger charge is -1.86. The summed E-state index contributed by atoms with van der Waals surface area (Å²) in [6.07, 6.45) is 0.0956. The monoisotopic (exact) mass is 186 g/mol. The molecule has 0 atom stereocenters. The third kappa shape index (κ3) is 1.74. The molecule has 0 unspecified atom stereocenters. The van der Waals surface area contributed by atoms with Gasteiger partial charge in [-0.3, -0.25) is 4.79 Å². The number of carboxylic acids is 1. The van der Waals surface area contributed by atoms with E-state index in [1.165, 1.54) is 0 Å². The summed E-state index contributed by atoms with van der Waals surface area (Å²) in [5, 5.41) is 8.64. The highest BCUT2D eigenvalue weighted by Gasteiger charge is 2.07. The van der Waals surface area contributed by atoms with E-state index in [1.807, 2.05) is 42.5 Å². The third-order valence-corrected chi connectivity index (χ3v) is 2.14. The normalized spacial score (nSPS) is 10.3. The van der Waals surface area contributed by atoms with Crippen LogP contribution in [0, 0.1) is 0 Å². The quantitative estimate of drug-likeness (QED) is 0.782. The molecule has 2 nitrogen and oxygen atoms in total. The molecule has 0 aromatic rings. The van der Waals surface area contributed by atoms with Crippen molar-refractivity contribution in [3.8, 4) is 11.1 Å². The van der Waals surface area contributed by atoms with Crippen LogP contribution in [0.5, 0.6) is 0 Å². The fourth-order valence-electron chi connectivity index (χ4n) is 1.56. The summed E-state index contributed by atoms with van der Waals surface area (Å²) in [7, 11) is 0. The summed E-state index contributed by atoms with van der Waals surface area (Å²) >= 11 is 0. The minimum absolute atomic E-state index is 0.0956. The number of rotatable bonds is 2. The Bertz CT molecular complexity index is 404. The average Bonchev–Trinajstić information content (AvgIpc) is 2.34. The third-order valence-electron chi connectivity index (χ3n) is 2.14. The smallest absolute Gasteiger partial charge is 0.307 e. The molecule has 0 heterocycles. The van der Waals surface area contributed by atoms with Crippen molar-refractivity contribution in [1.82, 2.24) is 0 Å². The molecule has 14 heavy (non-hydrogen) atoms. The van der Waals surface area contributed by atoms with Crippen molar-refractivity contribution < 1.29 is 9.90 Å². The number of hydrogen-bond acceptors (Lipinski definition) is 1. The van der Waals surface area contributed by atoms with Gasteiger partial charge in [-0.1, -0.05) is 42.5 Å². The van der Waals surface area contributed by atoms with E-state index in [1.54, 1.807) is 0 Å². The molecule has 0 bridgehead atoms. The van der Waals surface area contributed by atoms with Crippen LogP contribution in [0.4, 0.5) is 0 Å². The van der Waals surface area contributed by atoms with Gasteiger partial charge in [0.25, 0.3) is 0 Å². The van der Waals surface area contributed by atoms with Crippen molar-refractivity contribution in [3.63, 3.8) is 0 Å². The standard InChI is InChI=1S/C12H10O2/c13-12(14)8-9-6-10-4-2-1-3-5-11(10)7-9/h1-7H,8H2,(H,13,14). The van der Waals surface area contributed by atoms with E-state index in [0.29, 0.717) is 0 Å². The molecule has 0 fully saturated rings. The highest BCUT2D eigenvalue weighted by molar-refractivity contribution is 5.75. The fourth-order valence-corrected chi connectivity index (χ4v) is 1.56. The van der Waals surface area contributed by atoms with Crippen LogP contribution in [-0.4, -0.2) is 11.1 Å². The Morgan fingerprint density at radius 2 is 1.64 bits per heavy atom. The van der Waals surface area contributed by atoms with Crippen molar-refractivity contribution in [2.75, 3.05) is 0 Å². The molecule has 0 aliphatic heterocycles. The highest BCUT2D eigenvalue weighted by Crippen LogP contribution is 2.24. The minimum Gasteiger partial charge on any atom is -0.481 e.